The van der Waals surface area contributed by atoms with Crippen molar-refractivity contribution in [3.05, 3.63) is 41.3 Å². The molecular formula is C19H23ClN6O. The first-order chi connectivity index (χ1) is 13.0. The maximum absolute atomic E-state index is 11.4. The summed E-state index contributed by atoms with van der Waals surface area (Å²) in [7, 11) is 0. The number of nitrogens with one attached hydrogen (secondary N) is 2. The zero-order valence-corrected chi connectivity index (χ0v) is 16.4. The maximum Gasteiger partial charge on any atom is 0.219 e. The average Bonchev–Trinajstić information content (AvgIpc) is 3.09. The maximum atomic E-state index is 11.4. The van der Waals surface area contributed by atoms with Gasteiger partial charge in [0.1, 0.15) is 11.6 Å². The summed E-state index contributed by atoms with van der Waals surface area (Å²) in [5, 5.41) is 12.0. The normalized spacial score (nSPS) is 11.1. The molecule has 0 fully saturated rings. The molecule has 0 unspecified atom stereocenters. The molecule has 0 aliphatic rings. The molecule has 7 nitrogen and oxygen atoms in total. The summed E-state index contributed by atoms with van der Waals surface area (Å²) in [6.45, 7) is 7.00. The van der Waals surface area contributed by atoms with Crippen molar-refractivity contribution in [3.8, 4) is 5.69 Å². The van der Waals surface area contributed by atoms with Gasteiger partial charge in [0, 0.05) is 25.4 Å². The second kappa shape index (κ2) is 8.35. The third-order valence-corrected chi connectivity index (χ3v) is 4.42. The largest absolute Gasteiger partial charge is 0.368 e. The quantitative estimate of drug-likeness (QED) is 0.607. The highest BCUT2D eigenvalue weighted by Crippen LogP contribution is 2.27. The van der Waals surface area contributed by atoms with Crippen molar-refractivity contribution >= 4 is 34.4 Å². The first kappa shape index (κ1) is 19.1. The fourth-order valence-electron chi connectivity index (χ4n) is 2.63. The molecule has 0 aliphatic heterocycles. The molecule has 142 valence electrons. The van der Waals surface area contributed by atoms with Crippen LogP contribution in [-0.2, 0) is 4.79 Å². The SMILES string of the molecule is CCC(=O)NCCNc1nc(C(C)C)nc2c1cnn2-c1ccccc1Cl. The van der Waals surface area contributed by atoms with E-state index >= 15 is 0 Å². The van der Waals surface area contributed by atoms with Crippen LogP contribution < -0.4 is 10.6 Å². The molecule has 8 heteroatoms. The lowest BCUT2D eigenvalue weighted by Crippen LogP contribution is -2.28. The van der Waals surface area contributed by atoms with Gasteiger partial charge in [-0.2, -0.15) is 5.10 Å². The fourth-order valence-corrected chi connectivity index (χ4v) is 2.84. The molecule has 1 amide bonds. The van der Waals surface area contributed by atoms with E-state index in [9.17, 15) is 4.79 Å². The molecule has 0 aliphatic carbocycles. The molecule has 3 rings (SSSR count). The summed E-state index contributed by atoms with van der Waals surface area (Å²) in [6, 6.07) is 7.52. The molecule has 2 heterocycles. The lowest BCUT2D eigenvalue weighted by atomic mass is 10.2. The van der Waals surface area contributed by atoms with Crippen molar-refractivity contribution < 1.29 is 4.79 Å². The minimum absolute atomic E-state index is 0.0269. The highest BCUT2D eigenvalue weighted by molar-refractivity contribution is 6.32. The van der Waals surface area contributed by atoms with Crippen LogP contribution in [0.4, 0.5) is 5.82 Å². The number of hydrogen-bond donors (Lipinski definition) is 2. The minimum atomic E-state index is 0.0269. The number of para-hydroxylation sites is 1. The van der Waals surface area contributed by atoms with Crippen molar-refractivity contribution in [3.63, 3.8) is 0 Å². The van der Waals surface area contributed by atoms with E-state index in [1.807, 2.05) is 45.0 Å². The molecule has 27 heavy (non-hydrogen) atoms. The second-order valence-corrected chi connectivity index (χ2v) is 6.87. The number of carbonyl (C=O) groups excluding carboxylic acids is 1. The van der Waals surface area contributed by atoms with Crippen molar-refractivity contribution in [2.45, 2.75) is 33.1 Å². The van der Waals surface area contributed by atoms with Crippen LogP contribution in [0.2, 0.25) is 5.02 Å². The van der Waals surface area contributed by atoms with E-state index in [1.54, 1.807) is 10.9 Å². The van der Waals surface area contributed by atoms with Crippen LogP contribution in [-0.4, -0.2) is 38.7 Å². The van der Waals surface area contributed by atoms with Crippen LogP contribution in [0.15, 0.2) is 30.5 Å². The van der Waals surface area contributed by atoms with Gasteiger partial charge >= 0.3 is 0 Å². The minimum Gasteiger partial charge on any atom is -0.368 e. The molecule has 1 aromatic carbocycles. The van der Waals surface area contributed by atoms with Gasteiger partial charge in [-0.25, -0.2) is 14.6 Å². The number of carbonyl (C=O) groups is 1. The van der Waals surface area contributed by atoms with E-state index in [0.717, 1.165) is 16.9 Å². The predicted octanol–water partition coefficient (Wildman–Crippen LogP) is 3.53. The van der Waals surface area contributed by atoms with E-state index in [0.29, 0.717) is 36.0 Å². The zero-order valence-electron chi connectivity index (χ0n) is 15.7. The molecule has 0 radical (unpaired) electrons. The Bertz CT molecular complexity index is 953. The van der Waals surface area contributed by atoms with Gasteiger partial charge in [0.25, 0.3) is 0 Å². The van der Waals surface area contributed by atoms with E-state index in [-0.39, 0.29) is 11.8 Å². The molecule has 0 atom stereocenters. The Balaban J connectivity index is 1.96. The van der Waals surface area contributed by atoms with Gasteiger partial charge in [0.2, 0.25) is 5.91 Å². The molecule has 0 saturated heterocycles. The monoisotopic (exact) mass is 386 g/mol. The second-order valence-electron chi connectivity index (χ2n) is 6.46. The van der Waals surface area contributed by atoms with Gasteiger partial charge < -0.3 is 10.6 Å². The lowest BCUT2D eigenvalue weighted by molar-refractivity contribution is -0.120. The highest BCUT2D eigenvalue weighted by atomic mass is 35.5. The fraction of sp³-hybridized carbons (Fsp3) is 0.368. The summed E-state index contributed by atoms with van der Waals surface area (Å²) < 4.78 is 1.73. The third kappa shape index (κ3) is 4.19. The van der Waals surface area contributed by atoms with E-state index in [2.05, 4.69) is 20.7 Å². The Morgan fingerprint density at radius 3 is 2.70 bits per heavy atom. The molecule has 2 aromatic heterocycles. The first-order valence-electron chi connectivity index (χ1n) is 9.02. The summed E-state index contributed by atoms with van der Waals surface area (Å²) >= 11 is 6.34. The number of nitrogens with zero attached hydrogens (tertiary/aromatic N) is 4. The first-order valence-corrected chi connectivity index (χ1v) is 9.40. The van der Waals surface area contributed by atoms with Crippen molar-refractivity contribution in [2.75, 3.05) is 18.4 Å². The molecule has 2 N–H and O–H groups in total. The molecule has 0 spiro atoms. The number of rotatable bonds is 7. The Hall–Kier alpha value is -2.67. The van der Waals surface area contributed by atoms with E-state index < -0.39 is 0 Å². The van der Waals surface area contributed by atoms with E-state index in [4.69, 9.17) is 16.6 Å². The van der Waals surface area contributed by atoms with Gasteiger partial charge in [-0.1, -0.05) is 44.5 Å². The lowest BCUT2D eigenvalue weighted by Gasteiger charge is -2.12. The molecule has 3 aromatic rings. The Morgan fingerprint density at radius 2 is 2.00 bits per heavy atom. The summed E-state index contributed by atoms with van der Waals surface area (Å²) in [5.74, 6) is 1.60. The van der Waals surface area contributed by atoms with Gasteiger partial charge in [-0.15, -0.1) is 0 Å². The van der Waals surface area contributed by atoms with Crippen LogP contribution >= 0.6 is 11.6 Å². The summed E-state index contributed by atoms with van der Waals surface area (Å²) in [4.78, 5) is 20.7. The molecular weight excluding hydrogens is 364 g/mol. The van der Waals surface area contributed by atoms with Crippen LogP contribution in [0, 0.1) is 0 Å². The Labute approximate surface area is 163 Å². The predicted molar refractivity (Wildman–Crippen MR) is 108 cm³/mol. The number of hydrogen-bond acceptors (Lipinski definition) is 5. The van der Waals surface area contributed by atoms with Crippen LogP contribution in [0.1, 0.15) is 38.9 Å². The third-order valence-electron chi connectivity index (χ3n) is 4.10. The zero-order chi connectivity index (χ0) is 19.4. The summed E-state index contributed by atoms with van der Waals surface area (Å²) in [6.07, 6.45) is 2.20. The van der Waals surface area contributed by atoms with Crippen molar-refractivity contribution in [2.24, 2.45) is 0 Å². The molecule has 0 saturated carbocycles. The smallest absolute Gasteiger partial charge is 0.219 e. The van der Waals surface area contributed by atoms with Gasteiger partial charge in [-0.3, -0.25) is 4.79 Å². The number of fused-ring (bicyclic) bond motifs is 1. The summed E-state index contributed by atoms with van der Waals surface area (Å²) in [5.41, 5.74) is 1.46. The average molecular weight is 387 g/mol. The standard InChI is InChI=1S/C19H23ClN6O/c1-4-16(27)21-9-10-22-18-13-11-23-26(15-8-6-5-7-14(15)20)19(13)25-17(24-18)12(2)3/h5-8,11-12H,4,9-10H2,1-3H3,(H,21,27)(H,22,24,25). The van der Waals surface area contributed by atoms with Gasteiger partial charge in [0.15, 0.2) is 5.65 Å². The number of benzene rings is 1. The number of amides is 1. The van der Waals surface area contributed by atoms with Crippen molar-refractivity contribution in [1.82, 2.24) is 25.1 Å². The van der Waals surface area contributed by atoms with Crippen LogP contribution in [0.3, 0.4) is 0 Å². The van der Waals surface area contributed by atoms with Crippen molar-refractivity contribution in [1.29, 1.82) is 0 Å². The van der Waals surface area contributed by atoms with E-state index in [1.165, 1.54) is 0 Å². The topological polar surface area (TPSA) is 84.7 Å². The number of halogens is 1. The van der Waals surface area contributed by atoms with Crippen LogP contribution in [0.5, 0.6) is 0 Å². The number of anilines is 1. The molecule has 0 bridgehead atoms. The Kier molecular flexibility index (Phi) is 5.91. The Morgan fingerprint density at radius 1 is 1.22 bits per heavy atom. The number of aromatic nitrogens is 4. The van der Waals surface area contributed by atoms with Crippen LogP contribution in [0.25, 0.3) is 16.7 Å². The van der Waals surface area contributed by atoms with Gasteiger partial charge in [-0.05, 0) is 12.1 Å². The highest BCUT2D eigenvalue weighted by Gasteiger charge is 2.16. The van der Waals surface area contributed by atoms with Gasteiger partial charge in [0.05, 0.1) is 22.3 Å².